The third kappa shape index (κ3) is 4.66. The summed E-state index contributed by atoms with van der Waals surface area (Å²) in [4.78, 5) is 13.7. The van der Waals surface area contributed by atoms with Crippen molar-refractivity contribution < 1.29 is 28.2 Å². The van der Waals surface area contributed by atoms with Gasteiger partial charge in [0.15, 0.2) is 11.5 Å². The number of aliphatic hydroxyl groups excluding tert-OH is 1. The van der Waals surface area contributed by atoms with E-state index in [1.165, 1.54) is 25.3 Å². The number of piperidine rings is 1. The fourth-order valence-electron chi connectivity index (χ4n) is 2.39. The number of hydrogen-bond acceptors (Lipinski definition) is 4. The number of halogens is 2. The zero-order valence-electron chi connectivity index (χ0n) is 12.7. The third-order valence-corrected chi connectivity index (χ3v) is 3.62. The standard InChI is InChI=1S/C16H19F2NO4/c1-22-13-4-2-3-11(15(13)23-16(17)18)5-6-14(21)19-9-7-12(20)8-10-19/h2-6,12,16,20H,7-10H2,1H3/b6-5+. The average Bonchev–Trinajstić information content (AvgIpc) is 2.53. The summed E-state index contributed by atoms with van der Waals surface area (Å²) >= 11 is 0. The van der Waals surface area contributed by atoms with Gasteiger partial charge >= 0.3 is 6.61 Å². The van der Waals surface area contributed by atoms with Crippen molar-refractivity contribution in [3.05, 3.63) is 29.8 Å². The fourth-order valence-corrected chi connectivity index (χ4v) is 2.39. The molecule has 1 aliphatic rings. The maximum Gasteiger partial charge on any atom is 0.387 e. The van der Waals surface area contributed by atoms with Crippen LogP contribution in [0.5, 0.6) is 11.5 Å². The predicted molar refractivity (Wildman–Crippen MR) is 80.5 cm³/mol. The number of methoxy groups -OCH3 is 1. The highest BCUT2D eigenvalue weighted by Crippen LogP contribution is 2.33. The topological polar surface area (TPSA) is 59.0 Å². The van der Waals surface area contributed by atoms with Gasteiger partial charge < -0.3 is 19.5 Å². The SMILES string of the molecule is COc1cccc(/C=C/C(=O)N2CCC(O)CC2)c1OC(F)F. The van der Waals surface area contributed by atoms with Crippen LogP contribution in [0.2, 0.25) is 0 Å². The highest BCUT2D eigenvalue weighted by Gasteiger charge is 2.20. The number of carbonyl (C=O) groups excluding carboxylic acids is 1. The van der Waals surface area contributed by atoms with E-state index in [0.29, 0.717) is 31.5 Å². The van der Waals surface area contributed by atoms with Gasteiger partial charge in [-0.3, -0.25) is 4.79 Å². The lowest BCUT2D eigenvalue weighted by atomic mass is 10.1. The van der Waals surface area contributed by atoms with E-state index in [0.717, 1.165) is 0 Å². The van der Waals surface area contributed by atoms with Gasteiger partial charge in [-0.15, -0.1) is 0 Å². The quantitative estimate of drug-likeness (QED) is 0.843. The van der Waals surface area contributed by atoms with Crippen molar-refractivity contribution in [1.82, 2.24) is 4.90 Å². The van der Waals surface area contributed by atoms with Gasteiger partial charge in [0.05, 0.1) is 13.2 Å². The number of hydrogen-bond donors (Lipinski definition) is 1. The molecule has 1 amide bonds. The van der Waals surface area contributed by atoms with Crippen LogP contribution in [0.15, 0.2) is 24.3 Å². The van der Waals surface area contributed by atoms with E-state index in [2.05, 4.69) is 4.74 Å². The Balaban J connectivity index is 2.13. The van der Waals surface area contributed by atoms with Crippen molar-refractivity contribution in [3.8, 4) is 11.5 Å². The van der Waals surface area contributed by atoms with Crippen LogP contribution in [0, 0.1) is 0 Å². The monoisotopic (exact) mass is 327 g/mol. The number of aliphatic hydroxyl groups is 1. The molecule has 1 saturated heterocycles. The fraction of sp³-hybridized carbons (Fsp3) is 0.438. The molecular weight excluding hydrogens is 308 g/mol. The number of benzene rings is 1. The molecule has 0 saturated carbocycles. The lowest BCUT2D eigenvalue weighted by Crippen LogP contribution is -2.39. The molecular formula is C16H19F2NO4. The minimum Gasteiger partial charge on any atom is -0.493 e. The maximum absolute atomic E-state index is 12.5. The van der Waals surface area contributed by atoms with Gasteiger partial charge in [-0.25, -0.2) is 0 Å². The number of carbonyl (C=O) groups is 1. The first-order chi connectivity index (χ1) is 11.0. The molecule has 1 aromatic rings. The second-order valence-corrected chi connectivity index (χ2v) is 5.15. The summed E-state index contributed by atoms with van der Waals surface area (Å²) in [5.74, 6) is -0.174. The lowest BCUT2D eigenvalue weighted by Gasteiger charge is -2.28. The zero-order valence-corrected chi connectivity index (χ0v) is 12.7. The Bertz CT molecular complexity index is 569. The van der Waals surface area contributed by atoms with E-state index in [-0.39, 0.29) is 23.5 Å². The van der Waals surface area contributed by atoms with Gasteiger partial charge in [-0.1, -0.05) is 12.1 Å². The Morgan fingerprint density at radius 1 is 1.39 bits per heavy atom. The molecule has 0 unspecified atom stereocenters. The van der Waals surface area contributed by atoms with Crippen LogP contribution < -0.4 is 9.47 Å². The summed E-state index contributed by atoms with van der Waals surface area (Å²) in [5, 5.41) is 9.44. The van der Waals surface area contributed by atoms with Crippen molar-refractivity contribution in [2.75, 3.05) is 20.2 Å². The van der Waals surface area contributed by atoms with E-state index in [1.807, 2.05) is 0 Å². The summed E-state index contributed by atoms with van der Waals surface area (Å²) in [6.45, 7) is -2.04. The summed E-state index contributed by atoms with van der Waals surface area (Å²) in [5.41, 5.74) is 0.329. The number of para-hydroxylation sites is 1. The molecule has 7 heteroatoms. The van der Waals surface area contributed by atoms with E-state index < -0.39 is 6.61 Å². The molecule has 1 aromatic carbocycles. The minimum atomic E-state index is -2.99. The summed E-state index contributed by atoms with van der Waals surface area (Å²) < 4.78 is 34.6. The highest BCUT2D eigenvalue weighted by atomic mass is 19.3. The van der Waals surface area contributed by atoms with Crippen molar-refractivity contribution in [2.45, 2.75) is 25.6 Å². The molecule has 0 aromatic heterocycles. The normalized spacial score (nSPS) is 16.1. The molecule has 1 heterocycles. The first-order valence-electron chi connectivity index (χ1n) is 7.28. The first-order valence-corrected chi connectivity index (χ1v) is 7.28. The lowest BCUT2D eigenvalue weighted by molar-refractivity contribution is -0.127. The molecule has 0 bridgehead atoms. The van der Waals surface area contributed by atoms with Crippen LogP contribution in [0.25, 0.3) is 6.08 Å². The van der Waals surface area contributed by atoms with Crippen LogP contribution in [0.1, 0.15) is 18.4 Å². The summed E-state index contributed by atoms with van der Waals surface area (Å²) in [7, 11) is 1.35. The summed E-state index contributed by atoms with van der Waals surface area (Å²) in [6, 6.07) is 4.69. The van der Waals surface area contributed by atoms with Crippen molar-refractivity contribution in [1.29, 1.82) is 0 Å². The summed E-state index contributed by atoms with van der Waals surface area (Å²) in [6.07, 6.45) is 3.45. The molecule has 0 atom stereocenters. The number of likely N-dealkylation sites (tertiary alicyclic amines) is 1. The third-order valence-electron chi connectivity index (χ3n) is 3.62. The smallest absolute Gasteiger partial charge is 0.387 e. The van der Waals surface area contributed by atoms with Gasteiger partial charge in [0.25, 0.3) is 0 Å². The molecule has 126 valence electrons. The highest BCUT2D eigenvalue weighted by molar-refractivity contribution is 5.92. The molecule has 2 rings (SSSR count). The van der Waals surface area contributed by atoms with E-state index in [4.69, 9.17) is 4.74 Å². The van der Waals surface area contributed by atoms with Crippen LogP contribution in [-0.2, 0) is 4.79 Å². The minimum absolute atomic E-state index is 0.108. The Labute approximate surface area is 133 Å². The maximum atomic E-state index is 12.5. The van der Waals surface area contributed by atoms with Crippen LogP contribution >= 0.6 is 0 Å². The van der Waals surface area contributed by atoms with Gasteiger partial charge in [0, 0.05) is 24.7 Å². The van der Waals surface area contributed by atoms with Crippen LogP contribution in [0.3, 0.4) is 0 Å². The Kier molecular flexibility index (Phi) is 5.92. The molecule has 0 radical (unpaired) electrons. The van der Waals surface area contributed by atoms with Gasteiger partial charge in [-0.2, -0.15) is 8.78 Å². The largest absolute Gasteiger partial charge is 0.493 e. The van der Waals surface area contributed by atoms with Crippen molar-refractivity contribution in [3.63, 3.8) is 0 Å². The van der Waals surface area contributed by atoms with Crippen LogP contribution in [0.4, 0.5) is 8.78 Å². The Morgan fingerprint density at radius 2 is 2.09 bits per heavy atom. The molecule has 23 heavy (non-hydrogen) atoms. The van der Waals surface area contributed by atoms with E-state index in [9.17, 15) is 18.7 Å². The van der Waals surface area contributed by atoms with Gasteiger partial charge in [0.1, 0.15) is 0 Å². The second-order valence-electron chi connectivity index (χ2n) is 5.15. The molecule has 1 aliphatic heterocycles. The van der Waals surface area contributed by atoms with E-state index in [1.54, 1.807) is 17.0 Å². The number of rotatable bonds is 5. The van der Waals surface area contributed by atoms with E-state index >= 15 is 0 Å². The number of amides is 1. The number of nitrogens with zero attached hydrogens (tertiary/aromatic N) is 1. The average molecular weight is 327 g/mol. The Hall–Kier alpha value is -2.15. The molecule has 0 spiro atoms. The van der Waals surface area contributed by atoms with Crippen molar-refractivity contribution in [2.24, 2.45) is 0 Å². The Morgan fingerprint density at radius 3 is 2.70 bits per heavy atom. The van der Waals surface area contributed by atoms with Crippen molar-refractivity contribution >= 4 is 12.0 Å². The van der Waals surface area contributed by atoms with Gasteiger partial charge in [-0.05, 0) is 25.0 Å². The molecule has 1 fully saturated rings. The molecule has 5 nitrogen and oxygen atoms in total. The first kappa shape index (κ1) is 17.2. The van der Waals surface area contributed by atoms with Crippen LogP contribution in [-0.4, -0.2) is 48.8 Å². The second kappa shape index (κ2) is 7.92. The zero-order chi connectivity index (χ0) is 16.8. The van der Waals surface area contributed by atoms with Gasteiger partial charge in [0.2, 0.25) is 5.91 Å². The predicted octanol–water partition coefficient (Wildman–Crippen LogP) is 2.29. The number of ether oxygens (including phenoxy) is 2. The number of alkyl halides is 2. The molecule has 1 N–H and O–H groups in total. The molecule has 0 aliphatic carbocycles.